The topological polar surface area (TPSA) is 83.7 Å². The number of piperazine rings is 1. The smallest absolute Gasteiger partial charge is 0.238 e. The number of benzene rings is 1. The number of aryl methyl sites for hydroxylation is 1. The highest BCUT2D eigenvalue weighted by atomic mass is 32.2. The lowest BCUT2D eigenvalue weighted by atomic mass is 10.2. The van der Waals surface area contributed by atoms with Gasteiger partial charge in [-0.2, -0.15) is 0 Å². The van der Waals surface area contributed by atoms with Crippen molar-refractivity contribution in [3.8, 4) is 0 Å². The van der Waals surface area contributed by atoms with Crippen LogP contribution in [0.2, 0.25) is 0 Å². The quantitative estimate of drug-likeness (QED) is 0.802. The monoisotopic (exact) mass is 311 g/mol. The first-order valence-corrected chi connectivity index (χ1v) is 8.50. The molecule has 21 heavy (non-hydrogen) atoms. The molecule has 1 heterocycles. The van der Waals surface area contributed by atoms with Crippen LogP contribution in [0.5, 0.6) is 0 Å². The van der Waals surface area contributed by atoms with E-state index < -0.39 is 15.6 Å². The second-order valence-electron chi connectivity index (χ2n) is 5.43. The van der Waals surface area contributed by atoms with Crippen LogP contribution in [0.15, 0.2) is 23.1 Å². The van der Waals surface area contributed by atoms with Gasteiger partial charge in [0.1, 0.15) is 5.75 Å². The summed E-state index contributed by atoms with van der Waals surface area (Å²) in [4.78, 5) is 15.9. The van der Waals surface area contributed by atoms with Gasteiger partial charge in [-0.15, -0.1) is 0 Å². The summed E-state index contributed by atoms with van der Waals surface area (Å²) < 4.78 is 24.8. The number of para-hydroxylation sites is 1. The minimum absolute atomic E-state index is 0.0463. The zero-order valence-corrected chi connectivity index (χ0v) is 13.2. The Kier molecular flexibility index (Phi) is 4.53. The molecule has 1 aliphatic heterocycles. The molecule has 1 aromatic carbocycles. The lowest BCUT2D eigenvalue weighted by Gasteiger charge is -2.32. The van der Waals surface area contributed by atoms with Gasteiger partial charge in [0.05, 0.1) is 10.6 Å². The van der Waals surface area contributed by atoms with Crippen LogP contribution in [-0.4, -0.2) is 63.1 Å². The molecular formula is C14H21N3O3S. The van der Waals surface area contributed by atoms with Crippen LogP contribution in [0.4, 0.5) is 5.69 Å². The third-order valence-electron chi connectivity index (χ3n) is 3.79. The lowest BCUT2D eigenvalue weighted by Crippen LogP contribution is -2.48. The number of likely N-dealkylation sites (N-methyl/N-ethyl adjacent to an activating group) is 1. The van der Waals surface area contributed by atoms with Crippen LogP contribution in [0, 0.1) is 6.92 Å². The van der Waals surface area contributed by atoms with E-state index in [9.17, 15) is 13.2 Å². The third-order valence-corrected chi connectivity index (χ3v) is 5.44. The SMILES string of the molecule is Cc1cccc(S(=O)(=O)CC(=O)N2CCN(C)CC2)c1N. The van der Waals surface area contributed by atoms with E-state index in [4.69, 9.17) is 5.73 Å². The first-order valence-electron chi connectivity index (χ1n) is 6.85. The van der Waals surface area contributed by atoms with E-state index in [1.54, 1.807) is 24.0 Å². The number of rotatable bonds is 3. The van der Waals surface area contributed by atoms with Gasteiger partial charge in [-0.3, -0.25) is 4.79 Å². The van der Waals surface area contributed by atoms with E-state index >= 15 is 0 Å². The normalized spacial score (nSPS) is 17.0. The minimum Gasteiger partial charge on any atom is -0.397 e. The van der Waals surface area contributed by atoms with E-state index in [1.807, 2.05) is 7.05 Å². The molecule has 0 atom stereocenters. The number of amides is 1. The van der Waals surface area contributed by atoms with Crippen molar-refractivity contribution < 1.29 is 13.2 Å². The number of sulfone groups is 1. The zero-order valence-electron chi connectivity index (χ0n) is 12.4. The summed E-state index contributed by atoms with van der Waals surface area (Å²) in [6.07, 6.45) is 0. The second-order valence-corrected chi connectivity index (χ2v) is 7.39. The van der Waals surface area contributed by atoms with Crippen LogP contribution < -0.4 is 5.73 Å². The molecule has 1 fully saturated rings. The highest BCUT2D eigenvalue weighted by Crippen LogP contribution is 2.23. The predicted molar refractivity (Wildman–Crippen MR) is 81.7 cm³/mol. The molecule has 1 saturated heterocycles. The molecular weight excluding hydrogens is 290 g/mol. The Hall–Kier alpha value is -1.60. The highest BCUT2D eigenvalue weighted by Gasteiger charge is 2.27. The van der Waals surface area contributed by atoms with Crippen LogP contribution in [0.1, 0.15) is 5.56 Å². The molecule has 0 aliphatic carbocycles. The minimum atomic E-state index is -3.71. The molecule has 0 bridgehead atoms. The fraction of sp³-hybridized carbons (Fsp3) is 0.500. The van der Waals surface area contributed by atoms with Crippen LogP contribution in [-0.2, 0) is 14.6 Å². The summed E-state index contributed by atoms with van der Waals surface area (Å²) in [7, 11) is -1.73. The summed E-state index contributed by atoms with van der Waals surface area (Å²) in [5, 5.41) is 0. The molecule has 0 saturated carbocycles. The molecule has 0 radical (unpaired) electrons. The average molecular weight is 311 g/mol. The van der Waals surface area contributed by atoms with E-state index in [0.717, 1.165) is 13.1 Å². The Morgan fingerprint density at radius 3 is 2.48 bits per heavy atom. The van der Waals surface area contributed by atoms with Gasteiger partial charge in [0, 0.05) is 26.2 Å². The van der Waals surface area contributed by atoms with Gasteiger partial charge in [-0.25, -0.2) is 8.42 Å². The van der Waals surface area contributed by atoms with Crippen LogP contribution in [0.3, 0.4) is 0 Å². The van der Waals surface area contributed by atoms with Gasteiger partial charge in [0.2, 0.25) is 5.91 Å². The maximum Gasteiger partial charge on any atom is 0.238 e. The molecule has 6 nitrogen and oxygen atoms in total. The molecule has 116 valence electrons. The zero-order chi connectivity index (χ0) is 15.6. The van der Waals surface area contributed by atoms with Gasteiger partial charge in [0.25, 0.3) is 0 Å². The van der Waals surface area contributed by atoms with Crippen molar-refractivity contribution in [2.24, 2.45) is 0 Å². The molecule has 0 aromatic heterocycles. The number of carbonyl (C=O) groups is 1. The molecule has 2 N–H and O–H groups in total. The Labute approximate surface area is 125 Å². The second kappa shape index (κ2) is 6.03. The number of anilines is 1. The summed E-state index contributed by atoms with van der Waals surface area (Å²) in [6.45, 7) is 4.40. The Morgan fingerprint density at radius 1 is 1.24 bits per heavy atom. The summed E-state index contributed by atoms with van der Waals surface area (Å²) in [5.41, 5.74) is 6.75. The van der Waals surface area contributed by atoms with Crippen molar-refractivity contribution in [1.29, 1.82) is 0 Å². The van der Waals surface area contributed by atoms with Gasteiger partial charge in [-0.05, 0) is 25.6 Å². The Morgan fingerprint density at radius 2 is 1.86 bits per heavy atom. The first-order chi connectivity index (χ1) is 9.81. The number of nitrogens with zero attached hydrogens (tertiary/aromatic N) is 2. The Bertz CT molecular complexity index is 635. The van der Waals surface area contributed by atoms with Crippen LogP contribution >= 0.6 is 0 Å². The fourth-order valence-corrected chi connectivity index (χ4v) is 3.76. The van der Waals surface area contributed by atoms with Crippen molar-refractivity contribution in [3.05, 3.63) is 23.8 Å². The van der Waals surface area contributed by atoms with Crippen molar-refractivity contribution in [1.82, 2.24) is 9.80 Å². The molecule has 1 amide bonds. The Balaban J connectivity index is 2.14. The predicted octanol–water partition coefficient (Wildman–Crippen LogP) is 0.125. The third kappa shape index (κ3) is 3.54. The van der Waals surface area contributed by atoms with Crippen LogP contribution in [0.25, 0.3) is 0 Å². The summed E-state index contributed by atoms with van der Waals surface area (Å²) >= 11 is 0. The van der Waals surface area contributed by atoms with Crippen molar-refractivity contribution in [2.75, 3.05) is 44.7 Å². The van der Waals surface area contributed by atoms with Crippen molar-refractivity contribution >= 4 is 21.4 Å². The molecule has 1 aromatic rings. The maximum atomic E-state index is 12.4. The lowest BCUT2D eigenvalue weighted by molar-refractivity contribution is -0.129. The molecule has 1 aliphatic rings. The van der Waals surface area contributed by atoms with E-state index in [-0.39, 0.29) is 16.5 Å². The number of nitrogens with two attached hydrogens (primary N) is 1. The number of hydrogen-bond acceptors (Lipinski definition) is 5. The van der Waals surface area contributed by atoms with Crippen molar-refractivity contribution in [3.63, 3.8) is 0 Å². The number of nitrogen functional groups attached to an aromatic ring is 1. The average Bonchev–Trinajstić information content (AvgIpc) is 2.41. The number of carbonyl (C=O) groups excluding carboxylic acids is 1. The van der Waals surface area contributed by atoms with Gasteiger partial charge in [-0.1, -0.05) is 12.1 Å². The summed E-state index contributed by atoms with van der Waals surface area (Å²) in [5.74, 6) is -0.881. The van der Waals surface area contributed by atoms with Gasteiger partial charge >= 0.3 is 0 Å². The van der Waals surface area contributed by atoms with Gasteiger partial charge in [0.15, 0.2) is 9.84 Å². The number of hydrogen-bond donors (Lipinski definition) is 1. The summed E-state index contributed by atoms with van der Waals surface area (Å²) in [6, 6.07) is 4.84. The molecule has 7 heteroatoms. The van der Waals surface area contributed by atoms with E-state index in [2.05, 4.69) is 4.90 Å². The van der Waals surface area contributed by atoms with Gasteiger partial charge < -0.3 is 15.5 Å². The highest BCUT2D eigenvalue weighted by molar-refractivity contribution is 7.92. The maximum absolute atomic E-state index is 12.4. The van der Waals surface area contributed by atoms with E-state index in [1.165, 1.54) is 6.07 Å². The largest absolute Gasteiger partial charge is 0.397 e. The van der Waals surface area contributed by atoms with E-state index in [0.29, 0.717) is 18.7 Å². The fourth-order valence-electron chi connectivity index (χ4n) is 2.31. The standard InChI is InChI=1S/C14H21N3O3S/c1-11-4-3-5-12(14(11)15)21(19,20)10-13(18)17-8-6-16(2)7-9-17/h3-5H,6-10,15H2,1-2H3. The van der Waals surface area contributed by atoms with Crippen molar-refractivity contribution in [2.45, 2.75) is 11.8 Å². The molecule has 2 rings (SSSR count). The molecule has 0 spiro atoms. The first kappa shape index (κ1) is 15.8. The molecule has 0 unspecified atom stereocenters.